The fourth-order valence-electron chi connectivity index (χ4n) is 2.87. The van der Waals surface area contributed by atoms with Gasteiger partial charge in [-0.15, -0.1) is 0 Å². The number of carbonyl (C=O) groups excluding carboxylic acids is 1. The molecule has 4 heteroatoms. The predicted octanol–water partition coefficient (Wildman–Crippen LogP) is 1.05. The summed E-state index contributed by atoms with van der Waals surface area (Å²) in [7, 11) is 4.21. The maximum Gasteiger partial charge on any atom is 0.239 e. The number of nitrogens with two attached hydrogens (primary N) is 1. The fraction of sp³-hybridized carbons (Fsp3) is 0.923. The maximum atomic E-state index is 12.1. The van der Waals surface area contributed by atoms with Crippen LogP contribution in [0.15, 0.2) is 0 Å². The Balaban J connectivity index is 2.80. The Hall–Kier alpha value is -0.610. The molecule has 4 nitrogen and oxygen atoms in total. The van der Waals surface area contributed by atoms with Crippen LogP contribution in [0.5, 0.6) is 0 Å². The molecule has 2 N–H and O–H groups in total. The minimum atomic E-state index is -0.389. The molecular formula is C13H27N3O. The second-order valence-corrected chi connectivity index (χ2v) is 5.30. The van der Waals surface area contributed by atoms with Crippen LogP contribution < -0.4 is 5.73 Å². The first-order valence-corrected chi connectivity index (χ1v) is 6.71. The van der Waals surface area contributed by atoms with Gasteiger partial charge in [0.1, 0.15) is 0 Å². The van der Waals surface area contributed by atoms with Gasteiger partial charge in [0.05, 0.1) is 6.04 Å². The summed E-state index contributed by atoms with van der Waals surface area (Å²) in [4.78, 5) is 16.4. The van der Waals surface area contributed by atoms with Gasteiger partial charge in [0.25, 0.3) is 0 Å². The van der Waals surface area contributed by atoms with Crippen molar-refractivity contribution in [3.05, 3.63) is 0 Å². The van der Waals surface area contributed by atoms with Gasteiger partial charge in [0.2, 0.25) is 5.91 Å². The van der Waals surface area contributed by atoms with Crippen LogP contribution in [0.1, 0.15) is 39.5 Å². The van der Waals surface area contributed by atoms with E-state index in [0.717, 1.165) is 13.0 Å². The third-order valence-corrected chi connectivity index (χ3v) is 3.77. The Labute approximate surface area is 105 Å². The van der Waals surface area contributed by atoms with Gasteiger partial charge in [-0.3, -0.25) is 4.79 Å². The monoisotopic (exact) mass is 241 g/mol. The van der Waals surface area contributed by atoms with Gasteiger partial charge in [0.15, 0.2) is 0 Å². The van der Waals surface area contributed by atoms with E-state index in [0.29, 0.717) is 12.1 Å². The van der Waals surface area contributed by atoms with Gasteiger partial charge in [-0.1, -0.05) is 12.8 Å². The van der Waals surface area contributed by atoms with Crippen molar-refractivity contribution < 1.29 is 4.79 Å². The van der Waals surface area contributed by atoms with Crippen molar-refractivity contribution in [1.82, 2.24) is 9.80 Å². The molecule has 0 aromatic rings. The van der Waals surface area contributed by atoms with Crippen molar-refractivity contribution in [2.45, 2.75) is 57.7 Å². The number of likely N-dealkylation sites (N-methyl/N-ethyl adjacent to an activating group) is 2. The Morgan fingerprint density at radius 2 is 1.82 bits per heavy atom. The Morgan fingerprint density at radius 3 is 2.24 bits per heavy atom. The first kappa shape index (κ1) is 14.5. The number of hydrogen-bond acceptors (Lipinski definition) is 3. The first-order chi connectivity index (χ1) is 7.99. The summed E-state index contributed by atoms with van der Waals surface area (Å²) in [6.45, 7) is 4.58. The third-order valence-electron chi connectivity index (χ3n) is 3.77. The standard InChI is InChI=1S/C13H27N3O/c1-5-16(13(17)10(2)14)12-9-7-6-8-11(12)15(3)4/h10-12H,5-9,14H2,1-4H3/t10-,11?,12?/m0/s1. The van der Waals surface area contributed by atoms with Crippen LogP contribution in [0.2, 0.25) is 0 Å². The van der Waals surface area contributed by atoms with Gasteiger partial charge in [0, 0.05) is 18.6 Å². The number of amides is 1. The molecule has 1 aliphatic carbocycles. The number of nitrogens with zero attached hydrogens (tertiary/aromatic N) is 2. The highest BCUT2D eigenvalue weighted by Gasteiger charge is 2.33. The van der Waals surface area contributed by atoms with E-state index in [1.807, 2.05) is 11.8 Å². The average molecular weight is 241 g/mol. The van der Waals surface area contributed by atoms with E-state index in [1.165, 1.54) is 19.3 Å². The lowest BCUT2D eigenvalue weighted by molar-refractivity contribution is -0.136. The minimum absolute atomic E-state index is 0.0891. The fourth-order valence-corrected chi connectivity index (χ4v) is 2.87. The van der Waals surface area contributed by atoms with E-state index < -0.39 is 0 Å². The van der Waals surface area contributed by atoms with E-state index in [9.17, 15) is 4.79 Å². The number of carbonyl (C=O) groups is 1. The van der Waals surface area contributed by atoms with Crippen LogP contribution in [0.25, 0.3) is 0 Å². The van der Waals surface area contributed by atoms with Crippen molar-refractivity contribution in [3.8, 4) is 0 Å². The van der Waals surface area contributed by atoms with Gasteiger partial charge < -0.3 is 15.5 Å². The molecule has 1 fully saturated rings. The summed E-state index contributed by atoms with van der Waals surface area (Å²) in [5.74, 6) is 0.0891. The molecule has 100 valence electrons. The predicted molar refractivity (Wildman–Crippen MR) is 70.8 cm³/mol. The lowest BCUT2D eigenvalue weighted by Gasteiger charge is -2.43. The Morgan fingerprint density at radius 1 is 1.29 bits per heavy atom. The molecule has 0 radical (unpaired) electrons. The molecule has 1 rings (SSSR count). The van der Waals surface area contributed by atoms with Crippen molar-refractivity contribution in [1.29, 1.82) is 0 Å². The number of hydrogen-bond donors (Lipinski definition) is 1. The molecule has 1 saturated carbocycles. The minimum Gasteiger partial charge on any atom is -0.337 e. The lowest BCUT2D eigenvalue weighted by atomic mass is 9.88. The summed E-state index contributed by atoms with van der Waals surface area (Å²) in [6, 6.07) is 0.424. The quantitative estimate of drug-likeness (QED) is 0.800. The van der Waals surface area contributed by atoms with Gasteiger partial charge >= 0.3 is 0 Å². The van der Waals surface area contributed by atoms with E-state index in [-0.39, 0.29) is 11.9 Å². The zero-order chi connectivity index (χ0) is 13.0. The van der Waals surface area contributed by atoms with Crippen LogP contribution in [0, 0.1) is 0 Å². The van der Waals surface area contributed by atoms with Crippen molar-refractivity contribution in [2.24, 2.45) is 5.73 Å². The maximum absolute atomic E-state index is 12.1. The van der Waals surface area contributed by atoms with Crippen LogP contribution in [-0.4, -0.2) is 54.5 Å². The molecule has 0 aromatic carbocycles. The van der Waals surface area contributed by atoms with Crippen molar-refractivity contribution >= 4 is 5.91 Å². The zero-order valence-electron chi connectivity index (χ0n) is 11.6. The molecule has 0 spiro atoms. The van der Waals surface area contributed by atoms with E-state index >= 15 is 0 Å². The largest absolute Gasteiger partial charge is 0.337 e. The SMILES string of the molecule is CCN(C(=O)[C@H](C)N)C1CCCCC1N(C)C. The molecule has 2 unspecified atom stereocenters. The molecule has 17 heavy (non-hydrogen) atoms. The van der Waals surface area contributed by atoms with E-state index in [4.69, 9.17) is 5.73 Å². The van der Waals surface area contributed by atoms with Gasteiger partial charge in [-0.25, -0.2) is 0 Å². The summed E-state index contributed by atoms with van der Waals surface area (Å²) in [5, 5.41) is 0. The second-order valence-electron chi connectivity index (χ2n) is 5.30. The number of rotatable bonds is 4. The van der Waals surface area contributed by atoms with Crippen molar-refractivity contribution in [3.63, 3.8) is 0 Å². The zero-order valence-corrected chi connectivity index (χ0v) is 11.6. The molecule has 1 amide bonds. The molecular weight excluding hydrogens is 214 g/mol. The van der Waals surface area contributed by atoms with Gasteiger partial charge in [-0.2, -0.15) is 0 Å². The average Bonchev–Trinajstić information content (AvgIpc) is 2.30. The molecule has 0 bridgehead atoms. The Kier molecular flexibility index (Phi) is 5.40. The molecule has 0 heterocycles. The van der Waals surface area contributed by atoms with E-state index in [2.05, 4.69) is 19.0 Å². The highest BCUT2D eigenvalue weighted by molar-refractivity contribution is 5.81. The van der Waals surface area contributed by atoms with Crippen molar-refractivity contribution in [2.75, 3.05) is 20.6 Å². The first-order valence-electron chi connectivity index (χ1n) is 6.71. The molecule has 1 aliphatic rings. The highest BCUT2D eigenvalue weighted by atomic mass is 16.2. The smallest absolute Gasteiger partial charge is 0.239 e. The third kappa shape index (κ3) is 3.42. The van der Waals surface area contributed by atoms with Crippen LogP contribution in [-0.2, 0) is 4.79 Å². The Bertz CT molecular complexity index is 253. The van der Waals surface area contributed by atoms with E-state index in [1.54, 1.807) is 6.92 Å². The normalized spacial score (nSPS) is 26.9. The molecule has 0 saturated heterocycles. The lowest BCUT2D eigenvalue weighted by Crippen LogP contribution is -2.56. The van der Waals surface area contributed by atoms with Crippen LogP contribution in [0.4, 0.5) is 0 Å². The highest BCUT2D eigenvalue weighted by Crippen LogP contribution is 2.26. The summed E-state index contributed by atoms with van der Waals surface area (Å²) in [5.41, 5.74) is 5.74. The molecule has 0 aliphatic heterocycles. The summed E-state index contributed by atoms with van der Waals surface area (Å²) >= 11 is 0. The van der Waals surface area contributed by atoms with Crippen LogP contribution in [0.3, 0.4) is 0 Å². The second kappa shape index (κ2) is 6.36. The topological polar surface area (TPSA) is 49.6 Å². The molecule has 3 atom stereocenters. The van der Waals surface area contributed by atoms with Gasteiger partial charge in [-0.05, 0) is 40.8 Å². The summed E-state index contributed by atoms with van der Waals surface area (Å²) in [6.07, 6.45) is 4.77. The van der Waals surface area contributed by atoms with Crippen LogP contribution >= 0.6 is 0 Å². The summed E-state index contributed by atoms with van der Waals surface area (Å²) < 4.78 is 0. The molecule has 0 aromatic heterocycles.